The van der Waals surface area contributed by atoms with E-state index in [0.29, 0.717) is 15.0 Å². The van der Waals surface area contributed by atoms with Crippen LogP contribution in [0.25, 0.3) is 0 Å². The van der Waals surface area contributed by atoms with Crippen LogP contribution in [-0.4, -0.2) is 27.9 Å². The lowest BCUT2D eigenvalue weighted by Crippen LogP contribution is -2.14. The number of carbonyl (C=O) groups excluding carboxylic acids is 1. The highest BCUT2D eigenvalue weighted by Gasteiger charge is 2.20. The summed E-state index contributed by atoms with van der Waals surface area (Å²) in [5.74, 6) is 0.118. The van der Waals surface area contributed by atoms with Crippen molar-refractivity contribution in [3.8, 4) is 5.75 Å². The third kappa shape index (κ3) is 4.41. The van der Waals surface area contributed by atoms with Crippen molar-refractivity contribution in [2.45, 2.75) is 16.2 Å². The molecule has 0 saturated carbocycles. The summed E-state index contributed by atoms with van der Waals surface area (Å²) >= 11 is 2.60. The van der Waals surface area contributed by atoms with Crippen LogP contribution in [0.2, 0.25) is 0 Å². The molecule has 0 saturated heterocycles. The van der Waals surface area contributed by atoms with Gasteiger partial charge in [-0.2, -0.15) is 0 Å². The molecule has 0 aliphatic carbocycles. The molecule has 1 amide bonds. The summed E-state index contributed by atoms with van der Waals surface area (Å²) in [6, 6.07) is 7.64. The zero-order chi connectivity index (χ0) is 19.4. The van der Waals surface area contributed by atoms with Crippen LogP contribution in [0.5, 0.6) is 5.75 Å². The molecule has 0 fully saturated rings. The Morgan fingerprint density at radius 3 is 2.85 bits per heavy atom. The minimum atomic E-state index is -0.517. The molecule has 8 nitrogen and oxygen atoms in total. The second-order valence-corrected chi connectivity index (χ2v) is 7.45. The van der Waals surface area contributed by atoms with Crippen molar-refractivity contribution in [2.75, 3.05) is 12.4 Å². The molecule has 27 heavy (non-hydrogen) atoms. The van der Waals surface area contributed by atoms with Gasteiger partial charge in [0, 0.05) is 28.9 Å². The predicted octanol–water partition coefficient (Wildman–Crippen LogP) is 4.17. The molecule has 0 spiro atoms. The third-order valence-electron chi connectivity index (χ3n) is 3.44. The van der Waals surface area contributed by atoms with Gasteiger partial charge in [0.2, 0.25) is 0 Å². The first-order valence-electron chi connectivity index (χ1n) is 7.66. The normalized spacial score (nSPS) is 10.4. The first-order valence-corrected chi connectivity index (χ1v) is 9.36. The first kappa shape index (κ1) is 18.8. The first-order chi connectivity index (χ1) is 13.0. The van der Waals surface area contributed by atoms with Crippen LogP contribution in [0.15, 0.2) is 51.1 Å². The standard InChI is InChI=1S/C17H14N4O4S2/c1-10-9-26-17(19-10)27-14-6-5-11(8-12(14)21(23)24)16(22)20-15-13(25-2)4-3-7-18-15/h3-9H,1-2H3,(H,18,20,22). The van der Waals surface area contributed by atoms with Gasteiger partial charge in [0.25, 0.3) is 11.6 Å². The number of amides is 1. The van der Waals surface area contributed by atoms with Crippen LogP contribution < -0.4 is 10.1 Å². The van der Waals surface area contributed by atoms with Crippen molar-refractivity contribution in [2.24, 2.45) is 0 Å². The van der Waals surface area contributed by atoms with Crippen molar-refractivity contribution >= 4 is 40.5 Å². The molecule has 0 bridgehead atoms. The van der Waals surface area contributed by atoms with Crippen LogP contribution in [0.1, 0.15) is 16.1 Å². The molecule has 2 heterocycles. The third-order valence-corrected chi connectivity index (χ3v) is 5.56. The molecular weight excluding hydrogens is 388 g/mol. The summed E-state index contributed by atoms with van der Waals surface area (Å²) in [4.78, 5) is 32.2. The Bertz CT molecular complexity index is 1010. The van der Waals surface area contributed by atoms with Crippen LogP contribution in [0, 0.1) is 17.0 Å². The number of benzene rings is 1. The van der Waals surface area contributed by atoms with Crippen LogP contribution in [0.3, 0.4) is 0 Å². The van der Waals surface area contributed by atoms with Crippen molar-refractivity contribution in [1.82, 2.24) is 9.97 Å². The number of ether oxygens (including phenoxy) is 1. The van der Waals surface area contributed by atoms with E-state index in [-0.39, 0.29) is 17.1 Å². The number of nitrogens with one attached hydrogen (secondary N) is 1. The van der Waals surface area contributed by atoms with Crippen LogP contribution >= 0.6 is 23.1 Å². The van der Waals surface area contributed by atoms with E-state index in [4.69, 9.17) is 4.74 Å². The number of anilines is 1. The summed E-state index contributed by atoms with van der Waals surface area (Å²) in [6.45, 7) is 1.86. The minimum absolute atomic E-state index is 0.147. The van der Waals surface area contributed by atoms with Crippen molar-refractivity contribution < 1.29 is 14.5 Å². The van der Waals surface area contributed by atoms with Crippen LogP contribution in [-0.2, 0) is 0 Å². The second-order valence-electron chi connectivity index (χ2n) is 5.30. The molecular formula is C17H14N4O4S2. The Hall–Kier alpha value is -2.98. The van der Waals surface area contributed by atoms with Gasteiger partial charge in [-0.15, -0.1) is 11.3 Å². The van der Waals surface area contributed by atoms with E-state index in [1.165, 1.54) is 48.5 Å². The maximum atomic E-state index is 12.5. The number of thiazole rings is 1. The number of methoxy groups -OCH3 is 1. The number of pyridine rings is 1. The van der Waals surface area contributed by atoms with E-state index in [1.54, 1.807) is 18.2 Å². The van der Waals surface area contributed by atoms with Crippen LogP contribution in [0.4, 0.5) is 11.5 Å². The maximum Gasteiger partial charge on any atom is 0.284 e. The molecule has 0 radical (unpaired) electrons. The lowest BCUT2D eigenvalue weighted by atomic mass is 10.2. The number of carbonyl (C=O) groups is 1. The van der Waals surface area contributed by atoms with E-state index in [1.807, 2.05) is 12.3 Å². The Balaban J connectivity index is 1.86. The van der Waals surface area contributed by atoms with Gasteiger partial charge < -0.3 is 10.1 Å². The highest BCUT2D eigenvalue weighted by Crippen LogP contribution is 2.37. The summed E-state index contributed by atoms with van der Waals surface area (Å²) in [6.07, 6.45) is 1.51. The summed E-state index contributed by atoms with van der Waals surface area (Å²) in [5, 5.41) is 15.9. The van der Waals surface area contributed by atoms with E-state index in [9.17, 15) is 14.9 Å². The average molecular weight is 402 g/mol. The molecule has 0 aliphatic rings. The van der Waals surface area contributed by atoms with Gasteiger partial charge >= 0.3 is 0 Å². The number of hydrogen-bond donors (Lipinski definition) is 1. The van der Waals surface area contributed by atoms with Gasteiger partial charge in [0.1, 0.15) is 0 Å². The summed E-state index contributed by atoms with van der Waals surface area (Å²) in [7, 11) is 1.46. The number of rotatable bonds is 6. The molecule has 1 aromatic carbocycles. The zero-order valence-electron chi connectivity index (χ0n) is 14.3. The van der Waals surface area contributed by atoms with Crippen molar-refractivity contribution in [3.05, 3.63) is 63.3 Å². The van der Waals surface area contributed by atoms with Crippen molar-refractivity contribution in [3.63, 3.8) is 0 Å². The highest BCUT2D eigenvalue weighted by molar-refractivity contribution is 8.01. The molecule has 3 aromatic rings. The summed E-state index contributed by atoms with van der Waals surface area (Å²) < 4.78 is 5.84. The molecule has 0 atom stereocenters. The van der Waals surface area contributed by atoms with Gasteiger partial charge in [-0.1, -0.05) is 11.8 Å². The monoisotopic (exact) mass is 402 g/mol. The molecule has 2 aromatic heterocycles. The second kappa shape index (κ2) is 8.14. The molecule has 3 rings (SSSR count). The number of nitro benzene ring substituents is 1. The molecule has 138 valence electrons. The lowest BCUT2D eigenvalue weighted by molar-refractivity contribution is -0.387. The largest absolute Gasteiger partial charge is 0.493 e. The smallest absolute Gasteiger partial charge is 0.284 e. The zero-order valence-corrected chi connectivity index (χ0v) is 16.0. The number of aromatic nitrogens is 2. The molecule has 1 N–H and O–H groups in total. The molecule has 10 heteroatoms. The van der Waals surface area contributed by atoms with Gasteiger partial charge in [-0.25, -0.2) is 9.97 Å². The summed E-state index contributed by atoms with van der Waals surface area (Å²) in [5.41, 5.74) is 0.841. The topological polar surface area (TPSA) is 107 Å². The fraction of sp³-hybridized carbons (Fsp3) is 0.118. The Labute approximate surface area is 162 Å². The average Bonchev–Trinajstić information content (AvgIpc) is 3.07. The highest BCUT2D eigenvalue weighted by atomic mass is 32.2. The van der Waals surface area contributed by atoms with E-state index >= 15 is 0 Å². The van der Waals surface area contributed by atoms with E-state index in [2.05, 4.69) is 15.3 Å². The number of aryl methyl sites for hydroxylation is 1. The predicted molar refractivity (Wildman–Crippen MR) is 103 cm³/mol. The van der Waals surface area contributed by atoms with Gasteiger partial charge in [-0.3, -0.25) is 14.9 Å². The Kier molecular flexibility index (Phi) is 5.67. The Morgan fingerprint density at radius 2 is 2.19 bits per heavy atom. The van der Waals surface area contributed by atoms with Gasteiger partial charge in [0.05, 0.1) is 16.9 Å². The molecule has 0 unspecified atom stereocenters. The quantitative estimate of drug-likeness (QED) is 0.487. The van der Waals surface area contributed by atoms with E-state index in [0.717, 1.165) is 5.69 Å². The van der Waals surface area contributed by atoms with E-state index < -0.39 is 10.8 Å². The molecule has 0 aliphatic heterocycles. The number of nitro groups is 1. The fourth-order valence-electron chi connectivity index (χ4n) is 2.19. The van der Waals surface area contributed by atoms with Gasteiger partial charge in [-0.05, 0) is 31.2 Å². The number of nitrogens with zero attached hydrogens (tertiary/aromatic N) is 3. The number of hydrogen-bond acceptors (Lipinski definition) is 8. The maximum absolute atomic E-state index is 12.5. The fourth-order valence-corrected chi connectivity index (χ4v) is 4.07. The van der Waals surface area contributed by atoms with Crippen molar-refractivity contribution in [1.29, 1.82) is 0 Å². The Morgan fingerprint density at radius 1 is 1.37 bits per heavy atom. The SMILES string of the molecule is COc1cccnc1NC(=O)c1ccc(Sc2nc(C)cs2)c([N+](=O)[O-])c1. The minimum Gasteiger partial charge on any atom is -0.493 e. The lowest BCUT2D eigenvalue weighted by Gasteiger charge is -2.09. The van der Waals surface area contributed by atoms with Gasteiger partial charge in [0.15, 0.2) is 15.9 Å².